The van der Waals surface area contributed by atoms with E-state index in [1.54, 1.807) is 0 Å². The van der Waals surface area contributed by atoms with Crippen LogP contribution in [0.25, 0.3) is 0 Å². The van der Waals surface area contributed by atoms with Crippen molar-refractivity contribution in [2.24, 2.45) is 17.8 Å². The molecule has 2 saturated carbocycles. The highest BCUT2D eigenvalue weighted by Crippen LogP contribution is 2.48. The van der Waals surface area contributed by atoms with Gasteiger partial charge in [0.2, 0.25) is 0 Å². The van der Waals surface area contributed by atoms with Gasteiger partial charge in [0.05, 0.1) is 5.92 Å². The molecule has 3 rings (SSSR count). The average Bonchev–Trinajstić information content (AvgIpc) is 2.94. The van der Waals surface area contributed by atoms with Crippen LogP contribution in [0, 0.1) is 31.6 Å². The maximum absolute atomic E-state index is 12.2. The number of ether oxygens (including phenoxy) is 1. The Morgan fingerprint density at radius 1 is 1.22 bits per heavy atom. The van der Waals surface area contributed by atoms with Crippen molar-refractivity contribution in [3.63, 3.8) is 0 Å². The molecule has 0 radical (unpaired) electrons. The van der Waals surface area contributed by atoms with E-state index in [1.165, 1.54) is 24.8 Å². The zero-order valence-electron chi connectivity index (χ0n) is 11.1. The van der Waals surface area contributed by atoms with E-state index in [-0.39, 0.29) is 11.9 Å². The van der Waals surface area contributed by atoms with Crippen LogP contribution in [0.5, 0.6) is 5.75 Å². The molecule has 0 heterocycles. The number of benzene rings is 1. The molecule has 1 aromatic carbocycles. The number of fused-ring (bicyclic) bond motifs is 2. The molecule has 2 nitrogen and oxygen atoms in total. The van der Waals surface area contributed by atoms with E-state index in [2.05, 4.69) is 13.0 Å². The second kappa shape index (κ2) is 4.42. The standard InChI is InChI=1S/C16H20O2/c1-10-3-6-15(11(2)7-10)18-16(17)14-9-12-4-5-13(14)8-12/h3,6-7,12-14H,4-5,8-9H2,1-2H3. The molecule has 3 unspecified atom stereocenters. The third-order valence-electron chi connectivity index (χ3n) is 4.58. The van der Waals surface area contributed by atoms with Crippen LogP contribution in [0.15, 0.2) is 18.2 Å². The third-order valence-corrected chi connectivity index (χ3v) is 4.58. The lowest BCUT2D eigenvalue weighted by atomic mass is 9.89. The molecule has 0 saturated heterocycles. The van der Waals surface area contributed by atoms with E-state index in [9.17, 15) is 4.79 Å². The van der Waals surface area contributed by atoms with Crippen molar-refractivity contribution >= 4 is 5.97 Å². The fourth-order valence-electron chi connectivity index (χ4n) is 3.63. The van der Waals surface area contributed by atoms with Gasteiger partial charge in [-0.25, -0.2) is 0 Å². The summed E-state index contributed by atoms with van der Waals surface area (Å²) in [7, 11) is 0. The third kappa shape index (κ3) is 2.05. The SMILES string of the molecule is Cc1ccc(OC(=O)C2CC3CCC2C3)c(C)c1. The first-order chi connectivity index (χ1) is 8.63. The van der Waals surface area contributed by atoms with E-state index in [4.69, 9.17) is 4.74 Å². The number of rotatable bonds is 2. The molecule has 0 aliphatic heterocycles. The summed E-state index contributed by atoms with van der Waals surface area (Å²) in [5.74, 6) is 2.26. The predicted molar refractivity (Wildman–Crippen MR) is 70.5 cm³/mol. The molecule has 0 spiro atoms. The molecule has 0 N–H and O–H groups in total. The molecule has 3 atom stereocenters. The summed E-state index contributed by atoms with van der Waals surface area (Å²) >= 11 is 0. The minimum absolute atomic E-state index is 0.00541. The van der Waals surface area contributed by atoms with Crippen molar-refractivity contribution in [2.45, 2.75) is 39.5 Å². The smallest absolute Gasteiger partial charge is 0.314 e. The largest absolute Gasteiger partial charge is 0.426 e. The Morgan fingerprint density at radius 2 is 2.06 bits per heavy atom. The van der Waals surface area contributed by atoms with E-state index < -0.39 is 0 Å². The summed E-state index contributed by atoms with van der Waals surface area (Å²) in [6.07, 6.45) is 4.83. The van der Waals surface area contributed by atoms with Crippen LogP contribution in [0.2, 0.25) is 0 Å². The van der Waals surface area contributed by atoms with Gasteiger partial charge < -0.3 is 4.74 Å². The van der Waals surface area contributed by atoms with Crippen LogP contribution in [-0.4, -0.2) is 5.97 Å². The van der Waals surface area contributed by atoms with Crippen molar-refractivity contribution in [3.8, 4) is 5.75 Å². The number of hydrogen-bond donors (Lipinski definition) is 0. The van der Waals surface area contributed by atoms with E-state index >= 15 is 0 Å². The van der Waals surface area contributed by atoms with Crippen LogP contribution in [0.4, 0.5) is 0 Å². The number of aryl methyl sites for hydroxylation is 2. The van der Waals surface area contributed by atoms with Crippen molar-refractivity contribution in [2.75, 3.05) is 0 Å². The van der Waals surface area contributed by atoms with Crippen LogP contribution in [-0.2, 0) is 4.79 Å². The molecular weight excluding hydrogens is 224 g/mol. The van der Waals surface area contributed by atoms with Gasteiger partial charge >= 0.3 is 5.97 Å². The monoisotopic (exact) mass is 244 g/mol. The average molecular weight is 244 g/mol. The van der Waals surface area contributed by atoms with Gasteiger partial charge in [-0.1, -0.05) is 24.1 Å². The van der Waals surface area contributed by atoms with E-state index in [1.807, 2.05) is 19.1 Å². The zero-order valence-corrected chi connectivity index (χ0v) is 11.1. The predicted octanol–water partition coefficient (Wildman–Crippen LogP) is 3.65. The van der Waals surface area contributed by atoms with Gasteiger partial charge in [-0.15, -0.1) is 0 Å². The molecule has 2 fully saturated rings. The summed E-state index contributed by atoms with van der Waals surface area (Å²) in [6, 6.07) is 5.97. The second-order valence-electron chi connectivity index (χ2n) is 5.97. The van der Waals surface area contributed by atoms with Crippen molar-refractivity contribution in [1.29, 1.82) is 0 Å². The first-order valence-corrected chi connectivity index (χ1v) is 6.92. The molecule has 2 aliphatic rings. The van der Waals surface area contributed by atoms with Crippen LogP contribution in [0.1, 0.15) is 36.8 Å². The summed E-state index contributed by atoms with van der Waals surface area (Å²) in [5, 5.41) is 0. The highest BCUT2D eigenvalue weighted by molar-refractivity contribution is 5.76. The lowest BCUT2D eigenvalue weighted by molar-refractivity contribution is -0.140. The number of hydrogen-bond acceptors (Lipinski definition) is 2. The Morgan fingerprint density at radius 3 is 2.67 bits per heavy atom. The fraction of sp³-hybridized carbons (Fsp3) is 0.562. The van der Waals surface area contributed by atoms with Crippen LogP contribution >= 0.6 is 0 Å². The van der Waals surface area contributed by atoms with Crippen LogP contribution in [0.3, 0.4) is 0 Å². The summed E-state index contributed by atoms with van der Waals surface area (Å²) < 4.78 is 5.60. The zero-order chi connectivity index (χ0) is 12.7. The van der Waals surface area contributed by atoms with Gasteiger partial charge in [0.1, 0.15) is 5.75 Å². The number of esters is 1. The lowest BCUT2D eigenvalue weighted by Gasteiger charge is -2.20. The fourth-order valence-corrected chi connectivity index (χ4v) is 3.63. The van der Waals surface area contributed by atoms with Crippen LogP contribution < -0.4 is 4.74 Å². The molecule has 2 heteroatoms. The normalized spacial score (nSPS) is 29.6. The molecule has 2 bridgehead atoms. The van der Waals surface area contributed by atoms with Gasteiger partial charge in [-0.3, -0.25) is 4.79 Å². The van der Waals surface area contributed by atoms with Crippen molar-refractivity contribution in [3.05, 3.63) is 29.3 Å². The molecular formula is C16H20O2. The topological polar surface area (TPSA) is 26.3 Å². The first kappa shape index (κ1) is 11.8. The summed E-state index contributed by atoms with van der Waals surface area (Å²) in [6.45, 7) is 4.05. The molecule has 0 aromatic heterocycles. The van der Waals surface area contributed by atoms with E-state index in [0.717, 1.165) is 23.7 Å². The second-order valence-corrected chi connectivity index (χ2v) is 5.97. The molecule has 2 aliphatic carbocycles. The Balaban J connectivity index is 1.71. The summed E-state index contributed by atoms with van der Waals surface area (Å²) in [5.41, 5.74) is 2.25. The maximum Gasteiger partial charge on any atom is 0.314 e. The lowest BCUT2D eigenvalue weighted by Crippen LogP contribution is -2.25. The van der Waals surface area contributed by atoms with E-state index in [0.29, 0.717) is 5.92 Å². The summed E-state index contributed by atoms with van der Waals surface area (Å²) in [4.78, 5) is 12.2. The minimum atomic E-state index is -0.00541. The molecule has 18 heavy (non-hydrogen) atoms. The Hall–Kier alpha value is -1.31. The molecule has 96 valence electrons. The van der Waals surface area contributed by atoms with Crippen molar-refractivity contribution in [1.82, 2.24) is 0 Å². The maximum atomic E-state index is 12.2. The highest BCUT2D eigenvalue weighted by atomic mass is 16.5. The number of carbonyl (C=O) groups excluding carboxylic acids is 1. The Bertz CT molecular complexity index is 478. The van der Waals surface area contributed by atoms with Crippen molar-refractivity contribution < 1.29 is 9.53 Å². The molecule has 1 aromatic rings. The Kier molecular flexibility index (Phi) is 2.89. The quantitative estimate of drug-likeness (QED) is 0.586. The highest BCUT2D eigenvalue weighted by Gasteiger charge is 2.44. The van der Waals surface area contributed by atoms with Gasteiger partial charge in [0.15, 0.2) is 0 Å². The molecule has 0 amide bonds. The minimum Gasteiger partial charge on any atom is -0.426 e. The van der Waals surface area contributed by atoms with Gasteiger partial charge in [-0.2, -0.15) is 0 Å². The van der Waals surface area contributed by atoms with Gasteiger partial charge in [0, 0.05) is 0 Å². The number of carbonyl (C=O) groups is 1. The first-order valence-electron chi connectivity index (χ1n) is 6.92. The van der Waals surface area contributed by atoms with Gasteiger partial charge in [0.25, 0.3) is 0 Å². The van der Waals surface area contributed by atoms with Gasteiger partial charge in [-0.05, 0) is 56.6 Å². The Labute approximate surface area is 108 Å².